The van der Waals surface area contributed by atoms with Crippen LogP contribution in [-0.4, -0.2) is 30.3 Å². The van der Waals surface area contributed by atoms with Crippen molar-refractivity contribution < 1.29 is 18.0 Å². The Balaban J connectivity index is 2.05. The first-order valence-electron chi connectivity index (χ1n) is 6.06. The van der Waals surface area contributed by atoms with Crippen LogP contribution in [0.4, 0.5) is 0 Å². The lowest BCUT2D eigenvalue weighted by Crippen LogP contribution is -2.23. The van der Waals surface area contributed by atoms with Crippen LogP contribution in [0.15, 0.2) is 40.1 Å². The van der Waals surface area contributed by atoms with Gasteiger partial charge in [-0.2, -0.15) is 4.98 Å². The van der Waals surface area contributed by atoms with Gasteiger partial charge >= 0.3 is 0 Å². The van der Waals surface area contributed by atoms with Gasteiger partial charge in [0.15, 0.2) is 5.82 Å². The smallest absolute Gasteiger partial charge is 0.240 e. The zero-order chi connectivity index (χ0) is 15.1. The normalized spacial score (nSPS) is 10.9. The quantitative estimate of drug-likeness (QED) is 0.769. The summed E-state index contributed by atoms with van der Waals surface area (Å²) in [4.78, 5) is 3.85. The maximum atomic E-state index is 12.0. The molecule has 1 aromatic carbocycles. The molecular formula is C13H13N3O4S. The summed E-state index contributed by atoms with van der Waals surface area (Å²) in [6.07, 6.45) is 1.51. The number of aliphatic hydroxyl groups is 1. The van der Waals surface area contributed by atoms with Gasteiger partial charge in [-0.05, 0) is 24.3 Å². The third-order valence-electron chi connectivity index (χ3n) is 2.46. The molecule has 0 saturated carbocycles. The molecule has 0 aliphatic rings. The minimum Gasteiger partial charge on any atom is -0.395 e. The highest BCUT2D eigenvalue weighted by Gasteiger charge is 2.14. The van der Waals surface area contributed by atoms with E-state index in [1.54, 1.807) is 12.1 Å². The van der Waals surface area contributed by atoms with Gasteiger partial charge in [0, 0.05) is 12.0 Å². The van der Waals surface area contributed by atoms with Crippen molar-refractivity contribution in [1.82, 2.24) is 14.9 Å². The van der Waals surface area contributed by atoms with Gasteiger partial charge < -0.3 is 9.63 Å². The number of sulfonamides is 1. The van der Waals surface area contributed by atoms with E-state index >= 15 is 0 Å². The van der Waals surface area contributed by atoms with Crippen LogP contribution in [0.25, 0.3) is 0 Å². The molecule has 0 aliphatic carbocycles. The summed E-state index contributed by atoms with van der Waals surface area (Å²) in [5.41, 5.74) is 0.681. The van der Waals surface area contributed by atoms with Crippen molar-refractivity contribution in [3.05, 3.63) is 42.0 Å². The number of hydrogen-bond acceptors (Lipinski definition) is 6. The van der Waals surface area contributed by atoms with Gasteiger partial charge in [-0.25, -0.2) is 13.1 Å². The Morgan fingerprint density at radius 2 is 2.05 bits per heavy atom. The summed E-state index contributed by atoms with van der Waals surface area (Å²) < 4.78 is 31.0. The van der Waals surface area contributed by atoms with E-state index in [1.165, 1.54) is 12.1 Å². The van der Waals surface area contributed by atoms with E-state index in [-0.39, 0.29) is 23.9 Å². The molecule has 0 saturated heterocycles. The van der Waals surface area contributed by atoms with Crippen molar-refractivity contribution in [2.75, 3.05) is 6.61 Å². The molecule has 21 heavy (non-hydrogen) atoms. The Kier molecular flexibility index (Phi) is 5.05. The lowest BCUT2D eigenvalue weighted by atomic mass is 10.2. The fourth-order valence-corrected chi connectivity index (χ4v) is 2.43. The number of hydrogen-bond donors (Lipinski definition) is 2. The molecule has 0 fully saturated rings. The van der Waals surface area contributed by atoms with Gasteiger partial charge in [-0.15, -0.1) is 0 Å². The number of aromatic nitrogens is 2. The topological polar surface area (TPSA) is 105 Å². The monoisotopic (exact) mass is 307 g/mol. The third kappa shape index (κ3) is 4.39. The molecule has 0 bridgehead atoms. The first-order valence-corrected chi connectivity index (χ1v) is 7.55. The Labute approximate surface area is 122 Å². The highest BCUT2D eigenvalue weighted by Crippen LogP contribution is 2.10. The molecule has 0 unspecified atom stereocenters. The largest absolute Gasteiger partial charge is 0.395 e. The van der Waals surface area contributed by atoms with E-state index in [1.807, 2.05) is 0 Å². The molecule has 1 heterocycles. The van der Waals surface area contributed by atoms with Crippen LogP contribution in [0, 0.1) is 11.8 Å². The Morgan fingerprint density at radius 1 is 1.29 bits per heavy atom. The van der Waals surface area contributed by atoms with Crippen LogP contribution in [0.1, 0.15) is 17.8 Å². The third-order valence-corrected chi connectivity index (χ3v) is 3.88. The number of benzene rings is 1. The van der Waals surface area contributed by atoms with Crippen LogP contribution < -0.4 is 4.72 Å². The minimum absolute atomic E-state index is 0.000530. The van der Waals surface area contributed by atoms with E-state index < -0.39 is 10.0 Å². The number of nitrogens with one attached hydrogen (secondary N) is 1. The average Bonchev–Trinajstić information content (AvgIpc) is 3.00. The Morgan fingerprint density at radius 3 is 2.67 bits per heavy atom. The van der Waals surface area contributed by atoms with E-state index in [4.69, 9.17) is 5.11 Å². The van der Waals surface area contributed by atoms with Gasteiger partial charge in [0.2, 0.25) is 16.4 Å². The molecule has 0 amide bonds. The summed E-state index contributed by atoms with van der Waals surface area (Å²) in [7, 11) is -3.64. The maximum absolute atomic E-state index is 12.0. The molecule has 0 spiro atoms. The van der Waals surface area contributed by atoms with Gasteiger partial charge in [0.05, 0.1) is 18.0 Å². The van der Waals surface area contributed by atoms with Crippen molar-refractivity contribution in [2.45, 2.75) is 17.9 Å². The van der Waals surface area contributed by atoms with Crippen molar-refractivity contribution >= 4 is 10.0 Å². The van der Waals surface area contributed by atoms with Gasteiger partial charge in [-0.1, -0.05) is 17.0 Å². The predicted octanol–water partition coefficient (Wildman–Crippen LogP) is 0.282. The molecule has 2 N–H and O–H groups in total. The zero-order valence-electron chi connectivity index (χ0n) is 11.0. The molecule has 0 radical (unpaired) electrons. The van der Waals surface area contributed by atoms with E-state index in [0.717, 1.165) is 6.39 Å². The van der Waals surface area contributed by atoms with Crippen LogP contribution in [-0.2, 0) is 16.6 Å². The standard InChI is InChI=1S/C13H13N3O4S/c17-8-2-1-3-11-4-6-12(7-5-11)21(18,19)15-9-13-14-10-20-16-13/h4-7,10,15,17H,2,8-9H2. The highest BCUT2D eigenvalue weighted by molar-refractivity contribution is 7.89. The fourth-order valence-electron chi connectivity index (χ4n) is 1.45. The lowest BCUT2D eigenvalue weighted by molar-refractivity contribution is 0.305. The first kappa shape index (κ1) is 15.2. The Hall–Kier alpha value is -2.21. The molecule has 2 rings (SSSR count). The molecular weight excluding hydrogens is 294 g/mol. The second kappa shape index (κ2) is 6.99. The summed E-state index contributed by atoms with van der Waals surface area (Å²) in [5, 5.41) is 12.1. The van der Waals surface area contributed by atoms with Crippen LogP contribution in [0.3, 0.4) is 0 Å². The average molecular weight is 307 g/mol. The second-order valence-corrected chi connectivity index (χ2v) is 5.74. The van der Waals surface area contributed by atoms with Crippen LogP contribution in [0.5, 0.6) is 0 Å². The number of nitrogens with zero attached hydrogens (tertiary/aromatic N) is 2. The lowest BCUT2D eigenvalue weighted by Gasteiger charge is -2.04. The molecule has 2 aromatic rings. The van der Waals surface area contributed by atoms with Crippen LogP contribution in [0.2, 0.25) is 0 Å². The van der Waals surface area contributed by atoms with Crippen molar-refractivity contribution in [1.29, 1.82) is 0 Å². The van der Waals surface area contributed by atoms with Gasteiger partial charge in [-0.3, -0.25) is 0 Å². The maximum Gasteiger partial charge on any atom is 0.240 e. The van der Waals surface area contributed by atoms with E-state index in [0.29, 0.717) is 12.0 Å². The van der Waals surface area contributed by atoms with E-state index in [9.17, 15) is 8.42 Å². The number of aliphatic hydroxyl groups excluding tert-OH is 1. The highest BCUT2D eigenvalue weighted by atomic mass is 32.2. The summed E-state index contributed by atoms with van der Waals surface area (Å²) >= 11 is 0. The van der Waals surface area contributed by atoms with Crippen LogP contribution >= 0.6 is 0 Å². The second-order valence-electron chi connectivity index (χ2n) is 3.97. The predicted molar refractivity (Wildman–Crippen MR) is 73.3 cm³/mol. The molecule has 0 aliphatic heterocycles. The molecule has 1 aromatic heterocycles. The first-order chi connectivity index (χ1) is 10.1. The van der Waals surface area contributed by atoms with Gasteiger partial charge in [0.1, 0.15) is 0 Å². The van der Waals surface area contributed by atoms with Gasteiger partial charge in [0.25, 0.3) is 0 Å². The minimum atomic E-state index is -3.64. The van der Waals surface area contributed by atoms with Crippen molar-refractivity contribution in [2.24, 2.45) is 0 Å². The molecule has 0 atom stereocenters. The number of rotatable bonds is 5. The summed E-state index contributed by atoms with van der Waals surface area (Å²) in [5.74, 6) is 5.84. The molecule has 7 nitrogen and oxygen atoms in total. The summed E-state index contributed by atoms with van der Waals surface area (Å²) in [6.45, 7) is -0.0453. The summed E-state index contributed by atoms with van der Waals surface area (Å²) in [6, 6.07) is 6.13. The SMILES string of the molecule is O=S(=O)(NCc1ncon1)c1ccc(C#CCCO)cc1. The molecule has 110 valence electrons. The molecule has 8 heteroatoms. The van der Waals surface area contributed by atoms with Crippen molar-refractivity contribution in [3.8, 4) is 11.8 Å². The fraction of sp³-hybridized carbons (Fsp3) is 0.231. The van der Waals surface area contributed by atoms with Crippen molar-refractivity contribution in [3.63, 3.8) is 0 Å². The Bertz CT molecular complexity index is 728. The zero-order valence-corrected chi connectivity index (χ0v) is 11.8. The van der Waals surface area contributed by atoms with E-state index in [2.05, 4.69) is 31.2 Å².